The van der Waals surface area contributed by atoms with Crippen molar-refractivity contribution < 1.29 is 14.0 Å². The van der Waals surface area contributed by atoms with E-state index in [1.807, 2.05) is 46.2 Å². The number of fused-ring (bicyclic) bond motifs is 5. The second-order valence-electron chi connectivity index (χ2n) is 10.2. The number of H-pyrrole nitrogens is 1. The quantitative estimate of drug-likeness (QED) is 0.482. The summed E-state index contributed by atoms with van der Waals surface area (Å²) < 4.78 is 13.2. The Hall–Kier alpha value is -4.07. The van der Waals surface area contributed by atoms with Crippen LogP contribution in [0.4, 0.5) is 4.39 Å². The molecule has 2 saturated heterocycles. The summed E-state index contributed by atoms with van der Waals surface area (Å²) in [4.78, 5) is 30.3. The Balaban J connectivity index is 1.00. The first kappa shape index (κ1) is 21.2. The van der Waals surface area contributed by atoms with Gasteiger partial charge in [-0.25, -0.2) is 4.39 Å². The monoisotopic (exact) mass is 481 g/mol. The fraction of sp³-hybridized carbons (Fsp3) is 0.286. The molecule has 0 bridgehead atoms. The summed E-state index contributed by atoms with van der Waals surface area (Å²) in [5.41, 5.74) is 4.70. The fourth-order valence-corrected chi connectivity index (χ4v) is 6.49. The molecule has 2 aliphatic heterocycles. The number of nitrogens with zero attached hydrogens (tertiary/aromatic N) is 4. The first-order valence-electron chi connectivity index (χ1n) is 12.3. The van der Waals surface area contributed by atoms with E-state index < -0.39 is 0 Å². The molecule has 7 nitrogen and oxygen atoms in total. The summed E-state index contributed by atoms with van der Waals surface area (Å²) in [6, 6.07) is 19.4. The second kappa shape index (κ2) is 7.98. The molecule has 0 unspecified atom stereocenters. The van der Waals surface area contributed by atoms with Crippen molar-refractivity contribution >= 4 is 22.8 Å². The normalized spacial score (nSPS) is 24.5. The predicted molar refractivity (Wildman–Crippen MR) is 131 cm³/mol. The van der Waals surface area contributed by atoms with Crippen molar-refractivity contribution in [1.29, 1.82) is 0 Å². The highest BCUT2D eigenvalue weighted by molar-refractivity contribution is 5.97. The highest BCUT2D eigenvalue weighted by Crippen LogP contribution is 2.54. The topological polar surface area (TPSA) is 82.2 Å². The number of amides is 2. The number of benzene rings is 3. The smallest absolute Gasteiger partial charge is 0.253 e. The molecule has 4 aromatic rings. The number of halogens is 1. The molecule has 0 spiro atoms. The van der Waals surface area contributed by atoms with Crippen LogP contribution in [0.1, 0.15) is 20.7 Å². The maximum Gasteiger partial charge on any atom is 0.253 e. The van der Waals surface area contributed by atoms with E-state index >= 15 is 0 Å². The fourth-order valence-electron chi connectivity index (χ4n) is 6.49. The Morgan fingerprint density at radius 1 is 0.722 bits per heavy atom. The van der Waals surface area contributed by atoms with Crippen molar-refractivity contribution in [3.05, 3.63) is 83.7 Å². The van der Waals surface area contributed by atoms with Crippen LogP contribution in [0.5, 0.6) is 0 Å². The van der Waals surface area contributed by atoms with Gasteiger partial charge in [0, 0.05) is 37.3 Å². The Morgan fingerprint density at radius 2 is 1.22 bits per heavy atom. The van der Waals surface area contributed by atoms with Gasteiger partial charge < -0.3 is 9.80 Å². The number of carbonyl (C=O) groups is 2. The minimum absolute atomic E-state index is 0.0431. The number of likely N-dealkylation sites (tertiary alicyclic amines) is 2. The minimum atomic E-state index is -0.264. The molecular weight excluding hydrogens is 457 g/mol. The zero-order valence-corrected chi connectivity index (χ0v) is 19.5. The summed E-state index contributed by atoms with van der Waals surface area (Å²) in [6.07, 6.45) is 0. The van der Waals surface area contributed by atoms with Gasteiger partial charge in [-0.05, 0) is 77.3 Å². The lowest BCUT2D eigenvalue weighted by Gasteiger charge is -2.42. The Bertz CT molecular complexity index is 1460. The highest BCUT2D eigenvalue weighted by atomic mass is 19.1. The molecule has 0 radical (unpaired) electrons. The molecule has 3 heterocycles. The van der Waals surface area contributed by atoms with Crippen molar-refractivity contribution in [2.24, 2.45) is 23.7 Å². The van der Waals surface area contributed by atoms with Crippen molar-refractivity contribution in [1.82, 2.24) is 25.2 Å². The van der Waals surface area contributed by atoms with Crippen LogP contribution in [0.15, 0.2) is 66.7 Å². The Morgan fingerprint density at radius 3 is 1.81 bits per heavy atom. The zero-order valence-electron chi connectivity index (χ0n) is 19.5. The largest absolute Gasteiger partial charge is 0.338 e. The van der Waals surface area contributed by atoms with Gasteiger partial charge in [0.05, 0.1) is 5.52 Å². The van der Waals surface area contributed by atoms with E-state index in [9.17, 15) is 14.0 Å². The summed E-state index contributed by atoms with van der Waals surface area (Å²) in [5, 5.41) is 10.6. The number of carbonyl (C=O) groups excluding carboxylic acids is 2. The molecule has 180 valence electrons. The van der Waals surface area contributed by atoms with Crippen LogP contribution in [-0.4, -0.2) is 63.2 Å². The van der Waals surface area contributed by atoms with Crippen molar-refractivity contribution in [2.75, 3.05) is 26.2 Å². The molecule has 1 aromatic heterocycles. The second-order valence-corrected chi connectivity index (χ2v) is 10.2. The van der Waals surface area contributed by atoms with Gasteiger partial charge in [0.1, 0.15) is 11.3 Å². The van der Waals surface area contributed by atoms with Crippen LogP contribution in [0, 0.1) is 29.5 Å². The van der Waals surface area contributed by atoms with Crippen LogP contribution in [-0.2, 0) is 0 Å². The van der Waals surface area contributed by atoms with Crippen LogP contribution in [0.2, 0.25) is 0 Å². The molecule has 8 heteroatoms. The molecule has 1 saturated carbocycles. The van der Waals surface area contributed by atoms with Gasteiger partial charge in [-0.2, -0.15) is 0 Å². The number of rotatable bonds is 3. The van der Waals surface area contributed by atoms with Crippen molar-refractivity contribution in [2.45, 2.75) is 0 Å². The first-order valence-corrected chi connectivity index (χ1v) is 12.3. The maximum atomic E-state index is 13.2. The Labute approximate surface area is 206 Å². The van der Waals surface area contributed by atoms with E-state index in [1.165, 1.54) is 12.1 Å². The number of aromatic amines is 1. The summed E-state index contributed by atoms with van der Waals surface area (Å²) in [7, 11) is 0. The average molecular weight is 482 g/mol. The predicted octanol–water partition coefficient (Wildman–Crippen LogP) is 3.85. The van der Waals surface area contributed by atoms with Gasteiger partial charge in [0.25, 0.3) is 11.8 Å². The van der Waals surface area contributed by atoms with Crippen LogP contribution >= 0.6 is 0 Å². The molecule has 2 amide bonds. The molecule has 4 atom stereocenters. The highest BCUT2D eigenvalue weighted by Gasteiger charge is 2.59. The molecule has 1 aliphatic carbocycles. The average Bonchev–Trinajstić information content (AvgIpc) is 3.62. The van der Waals surface area contributed by atoms with Gasteiger partial charge in [-0.1, -0.05) is 29.5 Å². The number of aromatic nitrogens is 3. The Kier molecular flexibility index (Phi) is 4.71. The van der Waals surface area contributed by atoms with E-state index in [1.54, 1.807) is 18.2 Å². The molecular formula is C28H24FN5O2. The number of hydrogen-bond donors (Lipinski definition) is 1. The number of hydrogen-bond acceptors (Lipinski definition) is 4. The first-order chi connectivity index (χ1) is 17.5. The van der Waals surface area contributed by atoms with E-state index in [4.69, 9.17) is 0 Å². The summed E-state index contributed by atoms with van der Waals surface area (Å²) in [5.74, 6) is 1.64. The van der Waals surface area contributed by atoms with Gasteiger partial charge in [0.2, 0.25) is 0 Å². The SMILES string of the molecule is O=C(c1ccc(-c2ccc(F)cc2)cc1)N1C[C@@H]2[C@H](C1)[C@H]1CN(C(=O)c3ccc4[nH]nnc4c3)C[C@@H]21. The van der Waals surface area contributed by atoms with Gasteiger partial charge in [0.15, 0.2) is 0 Å². The third-order valence-corrected chi connectivity index (χ3v) is 8.38. The van der Waals surface area contributed by atoms with E-state index in [2.05, 4.69) is 15.4 Å². The van der Waals surface area contributed by atoms with Crippen LogP contribution in [0.25, 0.3) is 22.2 Å². The molecule has 1 N–H and O–H groups in total. The third-order valence-electron chi connectivity index (χ3n) is 8.38. The summed E-state index contributed by atoms with van der Waals surface area (Å²) >= 11 is 0. The molecule has 3 aliphatic rings. The van der Waals surface area contributed by atoms with Crippen LogP contribution < -0.4 is 0 Å². The van der Waals surface area contributed by atoms with E-state index in [-0.39, 0.29) is 17.6 Å². The van der Waals surface area contributed by atoms with Crippen LogP contribution in [0.3, 0.4) is 0 Å². The minimum Gasteiger partial charge on any atom is -0.338 e. The van der Waals surface area contributed by atoms with E-state index in [0.29, 0.717) is 40.3 Å². The van der Waals surface area contributed by atoms with Gasteiger partial charge in [-0.3, -0.25) is 14.7 Å². The molecule has 7 rings (SSSR count). The lowest BCUT2D eigenvalue weighted by atomic mass is 9.60. The van der Waals surface area contributed by atoms with Gasteiger partial charge >= 0.3 is 0 Å². The third kappa shape index (κ3) is 3.31. The lowest BCUT2D eigenvalue weighted by Crippen LogP contribution is -2.44. The van der Waals surface area contributed by atoms with Crippen molar-refractivity contribution in [3.8, 4) is 11.1 Å². The summed E-state index contributed by atoms with van der Waals surface area (Å²) in [6.45, 7) is 2.99. The number of nitrogens with one attached hydrogen (secondary N) is 1. The molecule has 36 heavy (non-hydrogen) atoms. The lowest BCUT2D eigenvalue weighted by molar-refractivity contribution is 0.0629. The van der Waals surface area contributed by atoms with Crippen molar-refractivity contribution in [3.63, 3.8) is 0 Å². The van der Waals surface area contributed by atoms with Gasteiger partial charge in [-0.15, -0.1) is 5.10 Å². The molecule has 3 fully saturated rings. The zero-order chi connectivity index (χ0) is 24.4. The van der Waals surface area contributed by atoms with E-state index in [0.717, 1.165) is 42.8 Å². The maximum absolute atomic E-state index is 13.2. The molecule has 3 aromatic carbocycles. The standard InChI is InChI=1S/C28H24FN5O2/c29-20-8-5-17(6-9-20)16-1-3-18(4-2-16)27(35)33-12-21-22(13-33)24-15-34(14-23(21)24)28(36)19-7-10-25-26(11-19)31-32-30-25/h1-11,21-24H,12-15H2,(H,30,31,32)/t21-,22+,23+,24-.